The van der Waals surface area contributed by atoms with E-state index in [1.54, 1.807) is 0 Å². The van der Waals surface area contributed by atoms with Gasteiger partial charge in [-0.25, -0.2) is 4.98 Å². The van der Waals surface area contributed by atoms with Gasteiger partial charge in [0.05, 0.1) is 5.69 Å². The summed E-state index contributed by atoms with van der Waals surface area (Å²) in [5, 5.41) is 3.65. The quantitative estimate of drug-likeness (QED) is 0.909. The summed E-state index contributed by atoms with van der Waals surface area (Å²) in [6.07, 6.45) is 11.2. The summed E-state index contributed by atoms with van der Waals surface area (Å²) in [5.41, 5.74) is 2.17. The molecule has 2 aromatic heterocycles. The van der Waals surface area contributed by atoms with Gasteiger partial charge in [-0.15, -0.1) is 0 Å². The van der Waals surface area contributed by atoms with Crippen molar-refractivity contribution in [1.82, 2.24) is 14.7 Å². The van der Waals surface area contributed by atoms with Gasteiger partial charge in [-0.3, -0.25) is 0 Å². The van der Waals surface area contributed by atoms with Gasteiger partial charge in [0, 0.05) is 25.0 Å². The molecule has 1 aliphatic rings. The first-order valence-electron chi connectivity index (χ1n) is 7.49. The zero-order valence-corrected chi connectivity index (χ0v) is 11.7. The Morgan fingerprint density at radius 3 is 2.95 bits per heavy atom. The molecule has 1 atom stereocenters. The van der Waals surface area contributed by atoms with Gasteiger partial charge in [-0.2, -0.15) is 0 Å². The van der Waals surface area contributed by atoms with Crippen LogP contribution in [0, 0.1) is 5.92 Å². The third-order valence-corrected chi connectivity index (χ3v) is 4.38. The largest absolute Gasteiger partial charge is 0.308 e. The van der Waals surface area contributed by atoms with Crippen molar-refractivity contribution in [3.8, 4) is 0 Å². The highest BCUT2D eigenvalue weighted by molar-refractivity contribution is 5.39. The minimum absolute atomic E-state index is 0.602. The van der Waals surface area contributed by atoms with E-state index in [9.17, 15) is 0 Å². The molecule has 1 unspecified atom stereocenters. The molecule has 0 radical (unpaired) electrons. The Balaban J connectivity index is 1.58. The van der Waals surface area contributed by atoms with Crippen LogP contribution in [0.5, 0.6) is 0 Å². The number of rotatable bonds is 4. The standard InChI is InChI=1S/C16H23N3/c1-13(14-7-3-2-4-8-14)17-11-15-12-19-10-6-5-9-16(19)18-15/h5-6,9-10,12-14,17H,2-4,7-8,11H2,1H3. The molecule has 19 heavy (non-hydrogen) atoms. The van der Waals surface area contributed by atoms with Crippen molar-refractivity contribution < 1.29 is 0 Å². The fraction of sp³-hybridized carbons (Fsp3) is 0.562. The van der Waals surface area contributed by atoms with Crippen molar-refractivity contribution in [2.24, 2.45) is 5.92 Å². The minimum Gasteiger partial charge on any atom is -0.308 e. The number of aromatic nitrogens is 2. The van der Waals surface area contributed by atoms with Gasteiger partial charge in [0.2, 0.25) is 0 Å². The highest BCUT2D eigenvalue weighted by Crippen LogP contribution is 2.26. The Hall–Kier alpha value is -1.35. The summed E-state index contributed by atoms with van der Waals surface area (Å²) in [5.74, 6) is 0.853. The summed E-state index contributed by atoms with van der Waals surface area (Å²) in [6, 6.07) is 6.72. The van der Waals surface area contributed by atoms with Crippen LogP contribution in [0.3, 0.4) is 0 Å². The second-order valence-corrected chi connectivity index (χ2v) is 5.77. The highest BCUT2D eigenvalue weighted by Gasteiger charge is 2.19. The predicted octanol–water partition coefficient (Wildman–Crippen LogP) is 3.39. The van der Waals surface area contributed by atoms with Crippen molar-refractivity contribution in [1.29, 1.82) is 0 Å². The normalized spacial score (nSPS) is 18.8. The molecule has 0 spiro atoms. The van der Waals surface area contributed by atoms with Crippen LogP contribution in [0.15, 0.2) is 30.6 Å². The highest BCUT2D eigenvalue weighted by atomic mass is 15.0. The average molecular weight is 257 g/mol. The van der Waals surface area contributed by atoms with Gasteiger partial charge in [0.25, 0.3) is 0 Å². The second-order valence-electron chi connectivity index (χ2n) is 5.77. The van der Waals surface area contributed by atoms with Crippen LogP contribution < -0.4 is 5.32 Å². The molecular weight excluding hydrogens is 234 g/mol. The zero-order chi connectivity index (χ0) is 13.1. The molecule has 0 aliphatic heterocycles. The maximum atomic E-state index is 4.63. The summed E-state index contributed by atoms with van der Waals surface area (Å²) in [6.45, 7) is 3.20. The topological polar surface area (TPSA) is 29.3 Å². The molecule has 0 aromatic carbocycles. The Labute approximate surface area is 115 Å². The van der Waals surface area contributed by atoms with Crippen LogP contribution in [0.1, 0.15) is 44.7 Å². The van der Waals surface area contributed by atoms with Crippen LogP contribution in [-0.2, 0) is 6.54 Å². The zero-order valence-electron chi connectivity index (χ0n) is 11.7. The second kappa shape index (κ2) is 5.74. The molecule has 2 heterocycles. The molecule has 0 bridgehead atoms. The Morgan fingerprint density at radius 1 is 1.32 bits per heavy atom. The lowest BCUT2D eigenvalue weighted by Gasteiger charge is -2.28. The maximum Gasteiger partial charge on any atom is 0.137 e. The summed E-state index contributed by atoms with van der Waals surface area (Å²) in [7, 11) is 0. The van der Waals surface area contributed by atoms with Crippen molar-refractivity contribution in [2.45, 2.75) is 51.6 Å². The number of hydrogen-bond acceptors (Lipinski definition) is 2. The van der Waals surface area contributed by atoms with Crippen LogP contribution in [0.2, 0.25) is 0 Å². The van der Waals surface area contributed by atoms with Crippen molar-refractivity contribution in [2.75, 3.05) is 0 Å². The van der Waals surface area contributed by atoms with Crippen LogP contribution >= 0.6 is 0 Å². The first-order chi connectivity index (χ1) is 9.33. The van der Waals surface area contributed by atoms with Gasteiger partial charge in [0.15, 0.2) is 0 Å². The lowest BCUT2D eigenvalue weighted by Crippen LogP contribution is -2.34. The van der Waals surface area contributed by atoms with E-state index in [0.717, 1.165) is 23.8 Å². The molecule has 1 N–H and O–H groups in total. The number of fused-ring (bicyclic) bond motifs is 1. The van der Waals surface area contributed by atoms with Gasteiger partial charge >= 0.3 is 0 Å². The molecule has 3 nitrogen and oxygen atoms in total. The fourth-order valence-corrected chi connectivity index (χ4v) is 3.14. The summed E-state index contributed by atoms with van der Waals surface area (Å²) >= 11 is 0. The van der Waals surface area contributed by atoms with Gasteiger partial charge < -0.3 is 9.72 Å². The Kier molecular flexibility index (Phi) is 3.83. The van der Waals surface area contributed by atoms with E-state index in [1.165, 1.54) is 32.1 Å². The van der Waals surface area contributed by atoms with E-state index >= 15 is 0 Å². The van der Waals surface area contributed by atoms with Gasteiger partial charge in [0.1, 0.15) is 5.65 Å². The summed E-state index contributed by atoms with van der Waals surface area (Å²) < 4.78 is 2.09. The number of pyridine rings is 1. The monoisotopic (exact) mass is 257 g/mol. The number of hydrogen-bond donors (Lipinski definition) is 1. The third-order valence-electron chi connectivity index (χ3n) is 4.38. The number of imidazole rings is 1. The molecule has 102 valence electrons. The van der Waals surface area contributed by atoms with E-state index in [2.05, 4.69) is 34.0 Å². The molecule has 0 amide bonds. The molecule has 3 heteroatoms. The SMILES string of the molecule is CC(NCc1cn2ccccc2n1)C1CCCCC1. The molecule has 3 rings (SSSR count). The van der Waals surface area contributed by atoms with E-state index in [-0.39, 0.29) is 0 Å². The first kappa shape index (κ1) is 12.7. The van der Waals surface area contributed by atoms with Gasteiger partial charge in [-0.1, -0.05) is 25.3 Å². The molecular formula is C16H23N3. The van der Waals surface area contributed by atoms with Crippen molar-refractivity contribution >= 4 is 5.65 Å². The van der Waals surface area contributed by atoms with E-state index < -0.39 is 0 Å². The molecule has 1 aliphatic carbocycles. The molecule has 1 fully saturated rings. The van der Waals surface area contributed by atoms with Crippen LogP contribution in [0.4, 0.5) is 0 Å². The smallest absolute Gasteiger partial charge is 0.137 e. The Bertz CT molecular complexity index is 493. The lowest BCUT2D eigenvalue weighted by molar-refractivity contribution is 0.280. The molecule has 0 saturated heterocycles. The number of nitrogens with zero attached hydrogens (tertiary/aromatic N) is 2. The Morgan fingerprint density at radius 2 is 2.16 bits per heavy atom. The van der Waals surface area contributed by atoms with Crippen molar-refractivity contribution in [3.05, 3.63) is 36.3 Å². The predicted molar refractivity (Wildman–Crippen MR) is 78.1 cm³/mol. The van der Waals surface area contributed by atoms with Gasteiger partial charge in [-0.05, 0) is 37.8 Å². The fourth-order valence-electron chi connectivity index (χ4n) is 3.14. The molecule has 1 saturated carbocycles. The average Bonchev–Trinajstić information content (AvgIpc) is 2.88. The van der Waals surface area contributed by atoms with Crippen LogP contribution in [-0.4, -0.2) is 15.4 Å². The van der Waals surface area contributed by atoms with Crippen LogP contribution in [0.25, 0.3) is 5.65 Å². The molecule has 2 aromatic rings. The number of nitrogens with one attached hydrogen (secondary N) is 1. The van der Waals surface area contributed by atoms with E-state index in [0.29, 0.717) is 6.04 Å². The summed E-state index contributed by atoms with van der Waals surface area (Å²) in [4.78, 5) is 4.63. The van der Waals surface area contributed by atoms with E-state index in [4.69, 9.17) is 0 Å². The third kappa shape index (κ3) is 2.98. The van der Waals surface area contributed by atoms with E-state index in [1.807, 2.05) is 18.2 Å². The lowest BCUT2D eigenvalue weighted by atomic mass is 9.84. The minimum atomic E-state index is 0.602. The van der Waals surface area contributed by atoms with Crippen molar-refractivity contribution in [3.63, 3.8) is 0 Å². The first-order valence-corrected chi connectivity index (χ1v) is 7.49. The maximum absolute atomic E-state index is 4.63.